The Bertz CT molecular complexity index is 462. The third-order valence-corrected chi connectivity index (χ3v) is 3.26. The Labute approximate surface area is 119 Å². The van der Waals surface area contributed by atoms with Crippen molar-refractivity contribution >= 4 is 6.03 Å². The summed E-state index contributed by atoms with van der Waals surface area (Å²) in [4.78, 5) is 11.6. The van der Waals surface area contributed by atoms with Crippen LogP contribution < -0.4 is 15.4 Å². The summed E-state index contributed by atoms with van der Waals surface area (Å²) < 4.78 is 10.4. The van der Waals surface area contributed by atoms with E-state index < -0.39 is 0 Å². The molecular formula is C15H22N2O3. The number of amides is 2. The van der Waals surface area contributed by atoms with Crippen LogP contribution in [0.5, 0.6) is 5.75 Å². The molecule has 0 aliphatic carbocycles. The predicted octanol–water partition coefficient (Wildman–Crippen LogP) is 1.50. The number of carbonyl (C=O) groups excluding carboxylic acids is 1. The van der Waals surface area contributed by atoms with E-state index in [-0.39, 0.29) is 12.1 Å². The highest BCUT2D eigenvalue weighted by molar-refractivity contribution is 5.74. The maximum Gasteiger partial charge on any atom is 0.315 e. The fourth-order valence-electron chi connectivity index (χ4n) is 2.31. The zero-order valence-electron chi connectivity index (χ0n) is 12.1. The summed E-state index contributed by atoms with van der Waals surface area (Å²) in [6.07, 6.45) is 1.79. The number of ether oxygens (including phenoxy) is 2. The van der Waals surface area contributed by atoms with Gasteiger partial charge in [-0.1, -0.05) is 12.1 Å². The van der Waals surface area contributed by atoms with Crippen molar-refractivity contribution in [1.29, 1.82) is 0 Å². The molecule has 5 heteroatoms. The summed E-state index contributed by atoms with van der Waals surface area (Å²) >= 11 is 0. The second-order valence-corrected chi connectivity index (χ2v) is 5.04. The Balaban J connectivity index is 1.79. The number of benzene rings is 1. The molecule has 1 aliphatic rings. The fourth-order valence-corrected chi connectivity index (χ4v) is 2.31. The Morgan fingerprint density at radius 2 is 2.35 bits per heavy atom. The van der Waals surface area contributed by atoms with Crippen molar-refractivity contribution in [2.24, 2.45) is 0 Å². The molecule has 0 radical (unpaired) electrons. The largest absolute Gasteiger partial charge is 0.493 e. The van der Waals surface area contributed by atoms with Gasteiger partial charge < -0.3 is 20.1 Å². The lowest BCUT2D eigenvalue weighted by atomic mass is 10.0. The summed E-state index contributed by atoms with van der Waals surface area (Å²) in [5.41, 5.74) is 2.48. The average molecular weight is 278 g/mol. The number of carbonyl (C=O) groups is 1. The normalized spacial score (nSPS) is 14.3. The lowest BCUT2D eigenvalue weighted by Crippen LogP contribution is -2.42. The zero-order chi connectivity index (χ0) is 14.4. The van der Waals surface area contributed by atoms with Gasteiger partial charge in [0.15, 0.2) is 0 Å². The number of hydrogen-bond donors (Lipinski definition) is 2. The highest BCUT2D eigenvalue weighted by atomic mass is 16.5. The van der Waals surface area contributed by atoms with E-state index in [9.17, 15) is 4.79 Å². The van der Waals surface area contributed by atoms with Gasteiger partial charge in [-0.15, -0.1) is 0 Å². The Kier molecular flexibility index (Phi) is 5.24. The molecule has 20 heavy (non-hydrogen) atoms. The van der Waals surface area contributed by atoms with Gasteiger partial charge >= 0.3 is 6.03 Å². The van der Waals surface area contributed by atoms with Crippen molar-refractivity contribution in [3.63, 3.8) is 0 Å². The lowest BCUT2D eigenvalue weighted by Gasteiger charge is -2.15. The van der Waals surface area contributed by atoms with Gasteiger partial charge in [-0.25, -0.2) is 4.79 Å². The van der Waals surface area contributed by atoms with E-state index >= 15 is 0 Å². The van der Waals surface area contributed by atoms with Gasteiger partial charge in [-0.3, -0.25) is 0 Å². The van der Waals surface area contributed by atoms with Crippen LogP contribution in [0.15, 0.2) is 18.2 Å². The standard InChI is InChI=1S/C15H22N2O3/c1-11(17-15(18)16-6-8-19-2)9-12-3-4-14-13(10-12)5-7-20-14/h3-4,10-11H,5-9H2,1-2H3,(H2,16,17,18)/t11-/m0/s1. The minimum atomic E-state index is -0.154. The van der Waals surface area contributed by atoms with Crippen molar-refractivity contribution in [3.8, 4) is 5.75 Å². The van der Waals surface area contributed by atoms with Gasteiger partial charge in [0, 0.05) is 26.1 Å². The molecule has 2 rings (SSSR count). The van der Waals surface area contributed by atoms with Crippen molar-refractivity contribution in [1.82, 2.24) is 10.6 Å². The van der Waals surface area contributed by atoms with Gasteiger partial charge in [0.05, 0.1) is 13.2 Å². The molecule has 1 aromatic carbocycles. The molecule has 0 aromatic heterocycles. The molecule has 110 valence electrons. The lowest BCUT2D eigenvalue weighted by molar-refractivity contribution is 0.195. The van der Waals surface area contributed by atoms with Crippen LogP contribution in [0.25, 0.3) is 0 Å². The van der Waals surface area contributed by atoms with Crippen LogP contribution in [0.3, 0.4) is 0 Å². The predicted molar refractivity (Wildman–Crippen MR) is 77.2 cm³/mol. The van der Waals surface area contributed by atoms with Crippen LogP contribution >= 0.6 is 0 Å². The molecule has 1 aliphatic heterocycles. The Hall–Kier alpha value is -1.75. The summed E-state index contributed by atoms with van der Waals surface area (Å²) in [7, 11) is 1.61. The first-order chi connectivity index (χ1) is 9.69. The Morgan fingerprint density at radius 3 is 3.15 bits per heavy atom. The second kappa shape index (κ2) is 7.14. The van der Waals surface area contributed by atoms with E-state index in [4.69, 9.17) is 9.47 Å². The first-order valence-corrected chi connectivity index (χ1v) is 6.97. The number of fused-ring (bicyclic) bond motifs is 1. The van der Waals surface area contributed by atoms with Crippen molar-refractivity contribution in [3.05, 3.63) is 29.3 Å². The minimum Gasteiger partial charge on any atom is -0.493 e. The Morgan fingerprint density at radius 1 is 1.50 bits per heavy atom. The SMILES string of the molecule is COCCNC(=O)N[C@@H](C)Cc1ccc2c(c1)CCO2. The summed E-state index contributed by atoms with van der Waals surface area (Å²) in [5, 5.41) is 5.67. The highest BCUT2D eigenvalue weighted by Gasteiger charge is 2.13. The zero-order valence-corrected chi connectivity index (χ0v) is 12.1. The molecule has 1 heterocycles. The maximum atomic E-state index is 11.6. The maximum absolute atomic E-state index is 11.6. The smallest absolute Gasteiger partial charge is 0.315 e. The van der Waals surface area contributed by atoms with Gasteiger partial charge in [0.2, 0.25) is 0 Å². The molecule has 1 aromatic rings. The summed E-state index contributed by atoms with van der Waals surface area (Å²) in [6.45, 7) is 3.81. The van der Waals surface area contributed by atoms with Crippen LogP contribution in [-0.2, 0) is 17.6 Å². The molecule has 0 fully saturated rings. The van der Waals surface area contributed by atoms with Crippen molar-refractivity contribution in [2.45, 2.75) is 25.8 Å². The number of rotatable bonds is 6. The fraction of sp³-hybridized carbons (Fsp3) is 0.533. The molecule has 0 saturated carbocycles. The number of methoxy groups -OCH3 is 1. The molecule has 2 N–H and O–H groups in total. The molecular weight excluding hydrogens is 256 g/mol. The van der Waals surface area contributed by atoms with E-state index in [1.807, 2.05) is 13.0 Å². The van der Waals surface area contributed by atoms with Crippen molar-refractivity contribution in [2.75, 3.05) is 26.9 Å². The molecule has 0 bridgehead atoms. The second-order valence-electron chi connectivity index (χ2n) is 5.04. The first kappa shape index (κ1) is 14.7. The first-order valence-electron chi connectivity index (χ1n) is 6.97. The minimum absolute atomic E-state index is 0.0814. The topological polar surface area (TPSA) is 59.6 Å². The molecule has 0 spiro atoms. The van der Waals surface area contributed by atoms with Gasteiger partial charge in [-0.05, 0) is 30.5 Å². The molecule has 2 amide bonds. The average Bonchev–Trinajstić information content (AvgIpc) is 2.86. The molecule has 0 unspecified atom stereocenters. The van der Waals surface area contributed by atoms with Gasteiger partial charge in [0.1, 0.15) is 5.75 Å². The van der Waals surface area contributed by atoms with E-state index in [0.29, 0.717) is 13.2 Å². The summed E-state index contributed by atoms with van der Waals surface area (Å²) in [6, 6.07) is 6.18. The van der Waals surface area contributed by atoms with E-state index in [1.54, 1.807) is 7.11 Å². The van der Waals surface area contributed by atoms with Crippen LogP contribution in [0.1, 0.15) is 18.1 Å². The van der Waals surface area contributed by atoms with Crippen LogP contribution in [0, 0.1) is 0 Å². The number of hydrogen-bond acceptors (Lipinski definition) is 3. The molecule has 5 nitrogen and oxygen atoms in total. The van der Waals surface area contributed by atoms with Crippen LogP contribution in [0.4, 0.5) is 4.79 Å². The number of nitrogens with one attached hydrogen (secondary N) is 2. The van der Waals surface area contributed by atoms with E-state index in [1.165, 1.54) is 11.1 Å². The van der Waals surface area contributed by atoms with E-state index in [2.05, 4.69) is 22.8 Å². The third-order valence-electron chi connectivity index (χ3n) is 3.26. The monoisotopic (exact) mass is 278 g/mol. The van der Waals surface area contributed by atoms with Crippen LogP contribution in [0.2, 0.25) is 0 Å². The highest BCUT2D eigenvalue weighted by Crippen LogP contribution is 2.26. The molecule has 1 atom stereocenters. The number of urea groups is 1. The third kappa shape index (κ3) is 4.13. The van der Waals surface area contributed by atoms with Gasteiger partial charge in [0.25, 0.3) is 0 Å². The summed E-state index contributed by atoms with van der Waals surface area (Å²) in [5.74, 6) is 0.992. The quantitative estimate of drug-likeness (QED) is 0.775. The van der Waals surface area contributed by atoms with E-state index in [0.717, 1.165) is 25.2 Å². The van der Waals surface area contributed by atoms with Crippen molar-refractivity contribution < 1.29 is 14.3 Å². The molecule has 0 saturated heterocycles. The van der Waals surface area contributed by atoms with Gasteiger partial charge in [-0.2, -0.15) is 0 Å². The van der Waals surface area contributed by atoms with Crippen LogP contribution in [-0.4, -0.2) is 38.9 Å².